The van der Waals surface area contributed by atoms with Crippen molar-refractivity contribution in [1.82, 2.24) is 4.98 Å². The van der Waals surface area contributed by atoms with Crippen molar-refractivity contribution in [1.29, 1.82) is 0 Å². The van der Waals surface area contributed by atoms with Crippen molar-refractivity contribution in [2.75, 3.05) is 0 Å². The molecule has 2 aromatic heterocycles. The Hall–Kier alpha value is -2.97. The standard InChI is InChI=1S/C29H27NS/c1-19-18-30-25(16-21(19)17-29(2,3)4)23-15-14-22(20-10-6-5-7-11-20)27-24-12-8-9-13-26(24)31-28(23)27/h5-16,18H,17H2,1-4H3. The van der Waals surface area contributed by atoms with E-state index in [0.717, 1.165) is 12.1 Å². The minimum atomic E-state index is 0.244. The predicted molar refractivity (Wildman–Crippen MR) is 136 cm³/mol. The lowest BCUT2D eigenvalue weighted by atomic mass is 9.86. The smallest absolute Gasteiger partial charge is 0.0719 e. The van der Waals surface area contributed by atoms with Gasteiger partial charge < -0.3 is 0 Å². The Bertz CT molecular complexity index is 1390. The lowest BCUT2D eigenvalue weighted by Crippen LogP contribution is -2.10. The third-order valence-corrected chi connectivity index (χ3v) is 7.03. The summed E-state index contributed by atoms with van der Waals surface area (Å²) in [5.74, 6) is 0. The molecule has 0 N–H and O–H groups in total. The molecule has 0 unspecified atom stereocenters. The van der Waals surface area contributed by atoms with Crippen LogP contribution in [0.1, 0.15) is 31.9 Å². The molecule has 5 aromatic rings. The molecule has 0 fully saturated rings. The highest BCUT2D eigenvalue weighted by Gasteiger charge is 2.18. The fraction of sp³-hybridized carbons (Fsp3) is 0.207. The Morgan fingerprint density at radius 3 is 2.32 bits per heavy atom. The van der Waals surface area contributed by atoms with E-state index in [1.807, 2.05) is 17.5 Å². The van der Waals surface area contributed by atoms with Gasteiger partial charge in [0.2, 0.25) is 0 Å². The van der Waals surface area contributed by atoms with E-state index in [4.69, 9.17) is 4.98 Å². The van der Waals surface area contributed by atoms with Crippen LogP contribution in [0.2, 0.25) is 0 Å². The largest absolute Gasteiger partial charge is 0.256 e. The topological polar surface area (TPSA) is 12.9 Å². The molecular formula is C29H27NS. The second-order valence-electron chi connectivity index (χ2n) is 9.56. The molecule has 0 aliphatic carbocycles. The second kappa shape index (κ2) is 7.62. The van der Waals surface area contributed by atoms with Crippen molar-refractivity contribution in [3.05, 3.63) is 90.1 Å². The van der Waals surface area contributed by atoms with Crippen molar-refractivity contribution in [3.63, 3.8) is 0 Å². The number of aryl methyl sites for hydroxylation is 1. The number of thiophene rings is 1. The van der Waals surface area contributed by atoms with Gasteiger partial charge in [-0.25, -0.2) is 0 Å². The fourth-order valence-electron chi connectivity index (χ4n) is 4.36. The molecule has 0 amide bonds. The van der Waals surface area contributed by atoms with Gasteiger partial charge in [-0.15, -0.1) is 11.3 Å². The number of pyridine rings is 1. The molecule has 2 heteroatoms. The molecule has 1 nitrogen and oxygen atoms in total. The van der Waals surface area contributed by atoms with Gasteiger partial charge in [-0.3, -0.25) is 4.98 Å². The summed E-state index contributed by atoms with van der Waals surface area (Å²) in [4.78, 5) is 4.87. The lowest BCUT2D eigenvalue weighted by Gasteiger charge is -2.20. The summed E-state index contributed by atoms with van der Waals surface area (Å²) in [5.41, 5.74) is 7.75. The molecular weight excluding hydrogens is 394 g/mol. The van der Waals surface area contributed by atoms with Crippen LogP contribution in [0.4, 0.5) is 0 Å². The Kier molecular flexibility index (Phi) is 4.91. The van der Waals surface area contributed by atoms with Crippen LogP contribution in [0.3, 0.4) is 0 Å². The first-order valence-corrected chi connectivity index (χ1v) is 11.7. The minimum Gasteiger partial charge on any atom is -0.256 e. The monoisotopic (exact) mass is 421 g/mol. The number of hydrogen-bond donors (Lipinski definition) is 0. The van der Waals surface area contributed by atoms with Crippen LogP contribution in [0.5, 0.6) is 0 Å². The number of hydrogen-bond acceptors (Lipinski definition) is 2. The first kappa shape index (κ1) is 20.0. The number of benzene rings is 3. The van der Waals surface area contributed by atoms with Crippen LogP contribution in [0.25, 0.3) is 42.6 Å². The number of aromatic nitrogens is 1. The molecule has 0 saturated carbocycles. The highest BCUT2D eigenvalue weighted by atomic mass is 32.1. The van der Waals surface area contributed by atoms with E-state index in [1.165, 1.54) is 48.0 Å². The normalized spacial score (nSPS) is 12.0. The molecule has 0 spiro atoms. The first-order valence-electron chi connectivity index (χ1n) is 10.9. The third-order valence-electron chi connectivity index (χ3n) is 5.82. The Morgan fingerprint density at radius 2 is 1.55 bits per heavy atom. The van der Waals surface area contributed by atoms with Gasteiger partial charge in [0, 0.05) is 31.9 Å². The molecule has 0 bridgehead atoms. The molecule has 5 rings (SSSR count). The summed E-state index contributed by atoms with van der Waals surface area (Å²) in [6.45, 7) is 9.06. The molecule has 0 aliphatic heterocycles. The van der Waals surface area contributed by atoms with Gasteiger partial charge in [0.15, 0.2) is 0 Å². The van der Waals surface area contributed by atoms with Gasteiger partial charge in [-0.1, -0.05) is 81.4 Å². The van der Waals surface area contributed by atoms with E-state index in [0.29, 0.717) is 0 Å². The van der Waals surface area contributed by atoms with E-state index < -0.39 is 0 Å². The second-order valence-corrected chi connectivity index (χ2v) is 10.6. The number of rotatable bonds is 3. The van der Waals surface area contributed by atoms with Crippen molar-refractivity contribution in [2.45, 2.75) is 34.1 Å². The molecule has 2 heterocycles. The van der Waals surface area contributed by atoms with Crippen molar-refractivity contribution < 1.29 is 0 Å². The number of nitrogens with zero attached hydrogens (tertiary/aromatic N) is 1. The zero-order valence-corrected chi connectivity index (χ0v) is 19.4. The van der Waals surface area contributed by atoms with E-state index in [-0.39, 0.29) is 5.41 Å². The van der Waals surface area contributed by atoms with Gasteiger partial charge in [-0.2, -0.15) is 0 Å². The molecule has 0 saturated heterocycles. The molecule has 31 heavy (non-hydrogen) atoms. The first-order chi connectivity index (χ1) is 14.9. The summed E-state index contributed by atoms with van der Waals surface area (Å²) in [6, 6.07) is 26.3. The molecule has 0 atom stereocenters. The summed E-state index contributed by atoms with van der Waals surface area (Å²) in [6.07, 6.45) is 3.09. The zero-order chi connectivity index (χ0) is 21.6. The fourth-order valence-corrected chi connectivity index (χ4v) is 5.61. The summed E-state index contributed by atoms with van der Waals surface area (Å²) in [7, 11) is 0. The maximum Gasteiger partial charge on any atom is 0.0719 e. The third kappa shape index (κ3) is 3.77. The highest BCUT2D eigenvalue weighted by Crippen LogP contribution is 2.44. The lowest BCUT2D eigenvalue weighted by molar-refractivity contribution is 0.410. The highest BCUT2D eigenvalue weighted by molar-refractivity contribution is 7.26. The van der Waals surface area contributed by atoms with E-state index in [2.05, 4.69) is 100 Å². The summed E-state index contributed by atoms with van der Waals surface area (Å²) < 4.78 is 2.64. The molecule has 0 aliphatic rings. The van der Waals surface area contributed by atoms with Crippen LogP contribution in [0.15, 0.2) is 79.0 Å². The maximum atomic E-state index is 4.87. The van der Waals surface area contributed by atoms with Crippen LogP contribution in [0, 0.1) is 12.3 Å². The van der Waals surface area contributed by atoms with E-state index in [9.17, 15) is 0 Å². The van der Waals surface area contributed by atoms with Crippen LogP contribution in [-0.2, 0) is 6.42 Å². The van der Waals surface area contributed by atoms with Crippen LogP contribution < -0.4 is 0 Å². The van der Waals surface area contributed by atoms with Crippen molar-refractivity contribution in [2.24, 2.45) is 5.41 Å². The average Bonchev–Trinajstić information content (AvgIpc) is 3.14. The van der Waals surface area contributed by atoms with Gasteiger partial charge in [0.1, 0.15) is 0 Å². The Morgan fingerprint density at radius 1 is 0.839 bits per heavy atom. The summed E-state index contributed by atoms with van der Waals surface area (Å²) >= 11 is 1.88. The average molecular weight is 422 g/mol. The van der Waals surface area contributed by atoms with Gasteiger partial charge in [0.25, 0.3) is 0 Å². The Balaban J connectivity index is 1.78. The zero-order valence-electron chi connectivity index (χ0n) is 18.6. The molecule has 3 aromatic carbocycles. The minimum absolute atomic E-state index is 0.244. The van der Waals surface area contributed by atoms with Crippen LogP contribution in [-0.4, -0.2) is 4.98 Å². The predicted octanol–water partition coefficient (Wildman–Crippen LogP) is 8.68. The van der Waals surface area contributed by atoms with Gasteiger partial charge in [-0.05, 0) is 53.1 Å². The van der Waals surface area contributed by atoms with Crippen LogP contribution >= 0.6 is 11.3 Å². The Labute approximate surface area is 188 Å². The van der Waals surface area contributed by atoms with Crippen molar-refractivity contribution >= 4 is 31.5 Å². The maximum absolute atomic E-state index is 4.87. The molecule has 0 radical (unpaired) electrons. The van der Waals surface area contributed by atoms with Gasteiger partial charge >= 0.3 is 0 Å². The van der Waals surface area contributed by atoms with E-state index in [1.54, 1.807) is 0 Å². The quantitative estimate of drug-likeness (QED) is 0.284. The number of fused-ring (bicyclic) bond motifs is 3. The SMILES string of the molecule is Cc1cnc(-c2ccc(-c3ccccc3)c3c2sc2ccccc23)cc1CC(C)(C)C. The summed E-state index contributed by atoms with van der Waals surface area (Å²) in [5, 5.41) is 2.66. The van der Waals surface area contributed by atoms with Crippen molar-refractivity contribution in [3.8, 4) is 22.4 Å². The molecule has 154 valence electrons. The van der Waals surface area contributed by atoms with Gasteiger partial charge in [0.05, 0.1) is 5.69 Å². The van der Waals surface area contributed by atoms with E-state index >= 15 is 0 Å².